The van der Waals surface area contributed by atoms with Crippen LogP contribution in [0, 0.1) is 5.82 Å². The smallest absolute Gasteiger partial charge is 0.326 e. The van der Waals surface area contributed by atoms with Crippen molar-refractivity contribution in [3.63, 3.8) is 0 Å². The molecule has 4 rings (SSSR count). The van der Waals surface area contributed by atoms with Gasteiger partial charge in [-0.15, -0.1) is 11.3 Å². The molecule has 35 heavy (non-hydrogen) atoms. The molecule has 0 bridgehead atoms. The van der Waals surface area contributed by atoms with E-state index in [0.717, 1.165) is 4.88 Å². The summed E-state index contributed by atoms with van der Waals surface area (Å²) in [4.78, 5) is 27.8. The maximum Gasteiger partial charge on any atom is 0.326 e. The number of benzene rings is 3. The number of thiophene rings is 1. The summed E-state index contributed by atoms with van der Waals surface area (Å²) in [6.07, 6.45) is 0.282. The molecule has 0 spiro atoms. The zero-order valence-electron chi connectivity index (χ0n) is 18.8. The van der Waals surface area contributed by atoms with Gasteiger partial charge in [0.2, 0.25) is 5.91 Å². The van der Waals surface area contributed by atoms with E-state index in [9.17, 15) is 14.0 Å². The van der Waals surface area contributed by atoms with Crippen molar-refractivity contribution in [3.05, 3.63) is 107 Å². The first-order valence-electron chi connectivity index (χ1n) is 11.0. The fourth-order valence-corrected chi connectivity index (χ4v) is 4.06. The number of anilines is 2. The number of urea groups is 1. The van der Waals surface area contributed by atoms with Crippen LogP contribution in [0.1, 0.15) is 4.88 Å². The van der Waals surface area contributed by atoms with Crippen LogP contribution in [0.2, 0.25) is 0 Å². The highest BCUT2D eigenvalue weighted by atomic mass is 32.1. The Kier molecular flexibility index (Phi) is 8.08. The number of nitrogens with zero attached hydrogens (tertiary/aromatic N) is 1. The van der Waals surface area contributed by atoms with Crippen LogP contribution in [0.5, 0.6) is 11.5 Å². The third kappa shape index (κ3) is 6.91. The molecule has 0 atom stereocenters. The molecule has 0 aliphatic heterocycles. The second kappa shape index (κ2) is 11.8. The van der Waals surface area contributed by atoms with E-state index in [4.69, 9.17) is 4.74 Å². The van der Waals surface area contributed by atoms with Gasteiger partial charge in [0.1, 0.15) is 17.3 Å². The molecule has 4 aromatic rings. The van der Waals surface area contributed by atoms with Gasteiger partial charge in [-0.3, -0.25) is 9.69 Å². The lowest BCUT2D eigenvalue weighted by Crippen LogP contribution is -2.41. The Morgan fingerprint density at radius 3 is 2.29 bits per heavy atom. The summed E-state index contributed by atoms with van der Waals surface area (Å²) in [7, 11) is 0. The normalized spacial score (nSPS) is 10.4. The quantitative estimate of drug-likeness (QED) is 0.299. The van der Waals surface area contributed by atoms with E-state index < -0.39 is 11.8 Å². The second-order valence-electron chi connectivity index (χ2n) is 7.58. The number of para-hydroxylation sites is 2. The van der Waals surface area contributed by atoms with Crippen molar-refractivity contribution in [2.24, 2.45) is 0 Å². The first-order valence-corrected chi connectivity index (χ1v) is 11.9. The summed E-state index contributed by atoms with van der Waals surface area (Å²) in [6.45, 7) is 0.423. The van der Waals surface area contributed by atoms with Gasteiger partial charge in [0, 0.05) is 23.7 Å². The van der Waals surface area contributed by atoms with Gasteiger partial charge < -0.3 is 15.4 Å². The Labute approximate surface area is 207 Å². The number of ether oxygens (including phenoxy) is 1. The van der Waals surface area contributed by atoms with Crippen LogP contribution >= 0.6 is 11.3 Å². The summed E-state index contributed by atoms with van der Waals surface area (Å²) < 4.78 is 19.9. The number of amides is 3. The molecule has 6 nitrogen and oxygen atoms in total. The summed E-state index contributed by atoms with van der Waals surface area (Å²) in [5, 5.41) is 7.37. The third-order valence-electron chi connectivity index (χ3n) is 5.06. The fraction of sp³-hybridized carbons (Fsp3) is 0.111. The first-order chi connectivity index (χ1) is 17.1. The molecule has 0 fully saturated rings. The summed E-state index contributed by atoms with van der Waals surface area (Å²) in [6, 6.07) is 25.6. The van der Waals surface area contributed by atoms with E-state index in [1.807, 2.05) is 47.8 Å². The highest BCUT2D eigenvalue weighted by molar-refractivity contribution is 7.10. The summed E-state index contributed by atoms with van der Waals surface area (Å²) in [5.74, 6) is 0.645. The first kappa shape index (κ1) is 24.0. The van der Waals surface area contributed by atoms with Gasteiger partial charge in [0.05, 0.1) is 12.1 Å². The van der Waals surface area contributed by atoms with E-state index in [1.165, 1.54) is 28.4 Å². The number of carbonyl (C=O) groups is 2. The minimum atomic E-state index is -0.531. The Hall–Kier alpha value is -4.17. The maximum atomic E-state index is 14.1. The van der Waals surface area contributed by atoms with Crippen LogP contribution in [-0.2, 0) is 11.2 Å². The number of rotatable bonds is 9. The van der Waals surface area contributed by atoms with Crippen LogP contribution in [0.25, 0.3) is 0 Å². The van der Waals surface area contributed by atoms with Crippen LogP contribution in [0.15, 0.2) is 96.4 Å². The Morgan fingerprint density at radius 1 is 0.857 bits per heavy atom. The van der Waals surface area contributed by atoms with Crippen molar-refractivity contribution >= 4 is 34.6 Å². The van der Waals surface area contributed by atoms with Gasteiger partial charge in [-0.05, 0) is 60.0 Å². The highest BCUT2D eigenvalue weighted by Gasteiger charge is 2.18. The van der Waals surface area contributed by atoms with Gasteiger partial charge in [-0.1, -0.05) is 36.4 Å². The fourth-order valence-electron chi connectivity index (χ4n) is 3.35. The molecule has 0 saturated heterocycles. The van der Waals surface area contributed by atoms with E-state index >= 15 is 0 Å². The second-order valence-corrected chi connectivity index (χ2v) is 8.61. The molecule has 178 valence electrons. The number of carbonyl (C=O) groups excluding carboxylic acids is 2. The largest absolute Gasteiger partial charge is 0.457 e. The molecule has 1 heterocycles. The van der Waals surface area contributed by atoms with E-state index in [0.29, 0.717) is 17.2 Å². The minimum Gasteiger partial charge on any atom is -0.457 e. The van der Waals surface area contributed by atoms with E-state index in [1.54, 1.807) is 36.4 Å². The van der Waals surface area contributed by atoms with Crippen molar-refractivity contribution in [2.75, 3.05) is 23.3 Å². The van der Waals surface area contributed by atoms with Gasteiger partial charge in [0.25, 0.3) is 0 Å². The SMILES string of the molecule is O=C(Cc1cccs1)NCCN(C(=O)Nc1ccccc1F)c1ccc(Oc2ccccc2)cc1. The Bertz CT molecular complexity index is 1250. The van der Waals surface area contributed by atoms with Gasteiger partial charge in [0.15, 0.2) is 0 Å². The van der Waals surface area contributed by atoms with Gasteiger partial charge in [-0.2, -0.15) is 0 Å². The number of hydrogen-bond acceptors (Lipinski definition) is 4. The molecule has 1 aromatic heterocycles. The zero-order chi connectivity index (χ0) is 24.5. The lowest BCUT2D eigenvalue weighted by atomic mass is 10.2. The van der Waals surface area contributed by atoms with Crippen LogP contribution in [0.4, 0.5) is 20.6 Å². The molecule has 0 aliphatic carbocycles. The van der Waals surface area contributed by atoms with Gasteiger partial charge in [-0.25, -0.2) is 9.18 Å². The molecule has 3 aromatic carbocycles. The number of nitrogens with one attached hydrogen (secondary N) is 2. The van der Waals surface area contributed by atoms with Crippen LogP contribution in [0.3, 0.4) is 0 Å². The molecular formula is C27H24FN3O3S. The molecule has 2 N–H and O–H groups in total. The number of hydrogen-bond donors (Lipinski definition) is 2. The summed E-state index contributed by atoms with van der Waals surface area (Å²) in [5.41, 5.74) is 0.653. The average molecular weight is 490 g/mol. The van der Waals surface area contributed by atoms with Crippen LogP contribution < -0.4 is 20.3 Å². The van der Waals surface area contributed by atoms with Crippen molar-refractivity contribution < 1.29 is 18.7 Å². The molecule has 0 saturated carbocycles. The van der Waals surface area contributed by atoms with Crippen molar-refractivity contribution in [2.45, 2.75) is 6.42 Å². The van der Waals surface area contributed by atoms with Crippen LogP contribution in [-0.4, -0.2) is 25.0 Å². The standard InChI is InChI=1S/C27H24FN3O3S/c28-24-10-4-5-11-25(24)30-27(33)31(17-16-29-26(32)19-23-9-6-18-35-23)20-12-14-22(15-13-20)34-21-7-2-1-3-8-21/h1-15,18H,16-17,19H2,(H,29,32)(H,30,33). The van der Waals surface area contributed by atoms with E-state index in [2.05, 4.69) is 10.6 Å². The molecule has 0 aliphatic rings. The minimum absolute atomic E-state index is 0.0771. The lowest BCUT2D eigenvalue weighted by Gasteiger charge is -2.24. The molecule has 3 amide bonds. The zero-order valence-corrected chi connectivity index (χ0v) is 19.6. The van der Waals surface area contributed by atoms with E-state index in [-0.39, 0.29) is 31.1 Å². The molecule has 8 heteroatoms. The topological polar surface area (TPSA) is 70.7 Å². The van der Waals surface area contributed by atoms with Crippen molar-refractivity contribution in [1.82, 2.24) is 5.32 Å². The number of halogens is 1. The Balaban J connectivity index is 1.45. The molecule has 0 unspecified atom stereocenters. The van der Waals surface area contributed by atoms with Crippen molar-refractivity contribution in [1.29, 1.82) is 0 Å². The predicted molar refractivity (Wildman–Crippen MR) is 137 cm³/mol. The highest BCUT2D eigenvalue weighted by Crippen LogP contribution is 2.25. The summed E-state index contributed by atoms with van der Waals surface area (Å²) >= 11 is 1.51. The Morgan fingerprint density at radius 2 is 1.57 bits per heavy atom. The van der Waals surface area contributed by atoms with Gasteiger partial charge >= 0.3 is 6.03 Å². The third-order valence-corrected chi connectivity index (χ3v) is 5.94. The average Bonchev–Trinajstić information content (AvgIpc) is 3.37. The van der Waals surface area contributed by atoms with Crippen molar-refractivity contribution in [3.8, 4) is 11.5 Å². The molecular weight excluding hydrogens is 465 g/mol. The molecule has 0 radical (unpaired) electrons. The lowest BCUT2D eigenvalue weighted by molar-refractivity contribution is -0.120. The maximum absolute atomic E-state index is 14.1. The monoisotopic (exact) mass is 489 g/mol. The predicted octanol–water partition coefficient (Wildman–Crippen LogP) is 6.08.